The van der Waals surface area contributed by atoms with E-state index in [1.165, 1.54) is 19.9 Å². The van der Waals surface area contributed by atoms with Gasteiger partial charge in [-0.25, -0.2) is 5.06 Å². The number of hydrogen-bond donors (Lipinski definition) is 3. The summed E-state index contributed by atoms with van der Waals surface area (Å²) >= 11 is 0. The van der Waals surface area contributed by atoms with Crippen LogP contribution in [-0.2, 0) is 9.53 Å². The minimum atomic E-state index is -4.23. The number of nitrogens with one attached hydrogen (secondary N) is 1. The van der Waals surface area contributed by atoms with E-state index in [9.17, 15) is 23.2 Å². The largest absolute Gasteiger partial charge is 0.394 e. The van der Waals surface area contributed by atoms with Crippen molar-refractivity contribution in [3.8, 4) is 0 Å². The van der Waals surface area contributed by atoms with Crippen molar-refractivity contribution < 1.29 is 33.0 Å². The number of alkyl halides is 3. The number of carbonyl (C=O) groups is 1. The van der Waals surface area contributed by atoms with Crippen LogP contribution in [0.4, 0.5) is 13.2 Å². The first-order valence-corrected chi connectivity index (χ1v) is 8.21. The normalized spacial score (nSPS) is 17.3. The number of amides is 1. The summed E-state index contributed by atoms with van der Waals surface area (Å²) in [6.45, 7) is 6.30. The first kappa shape index (κ1) is 22.6. The zero-order valence-electron chi connectivity index (χ0n) is 15.4. The van der Waals surface area contributed by atoms with Crippen LogP contribution < -0.4 is 5.32 Å². The van der Waals surface area contributed by atoms with Crippen LogP contribution in [0.2, 0.25) is 0 Å². The lowest BCUT2D eigenvalue weighted by atomic mass is 9.99. The molecule has 0 fully saturated rings. The van der Waals surface area contributed by atoms with Crippen LogP contribution in [0.3, 0.4) is 0 Å². The summed E-state index contributed by atoms with van der Waals surface area (Å²) in [5.74, 6) is -0.612. The summed E-state index contributed by atoms with van der Waals surface area (Å²) < 4.78 is 41.8. The average molecular weight is 381 g/mol. The summed E-state index contributed by atoms with van der Waals surface area (Å²) in [4.78, 5) is 16.0. The van der Waals surface area contributed by atoms with Crippen molar-refractivity contribution in [1.29, 1.82) is 0 Å². The van der Waals surface area contributed by atoms with Crippen LogP contribution >= 0.6 is 0 Å². The number of aliphatic hydroxyl groups excluding tert-OH is 1. The monoisotopic (exact) mass is 381 g/mol. The topological polar surface area (TPSA) is 94.4 Å². The number of ether oxygens (including phenoxy) is 1. The molecule has 1 aliphatic heterocycles. The molecule has 3 N–H and O–H groups in total. The summed E-state index contributed by atoms with van der Waals surface area (Å²) in [7, 11) is 0. The van der Waals surface area contributed by atoms with E-state index in [4.69, 9.17) is 9.84 Å². The van der Waals surface area contributed by atoms with Crippen LogP contribution in [0.1, 0.15) is 40.5 Å². The second-order valence-corrected chi connectivity index (χ2v) is 6.97. The van der Waals surface area contributed by atoms with E-state index in [0.29, 0.717) is 5.70 Å². The minimum Gasteiger partial charge on any atom is -0.394 e. The Bertz CT molecular complexity index is 572. The second-order valence-electron chi connectivity index (χ2n) is 6.97. The molecule has 0 saturated carbocycles. The van der Waals surface area contributed by atoms with Crippen molar-refractivity contribution in [3.05, 3.63) is 11.8 Å². The fraction of sp³-hybridized carbons (Fsp3) is 0.750. The molecule has 26 heavy (non-hydrogen) atoms. The number of aliphatic hydroxyl groups is 1. The maximum Gasteiger partial charge on any atom is 0.389 e. The van der Waals surface area contributed by atoms with E-state index in [2.05, 4.69) is 10.3 Å². The third-order valence-corrected chi connectivity index (χ3v) is 3.84. The summed E-state index contributed by atoms with van der Waals surface area (Å²) in [6, 6.07) is 0. The lowest BCUT2D eigenvalue weighted by molar-refractivity contribution is -0.135. The van der Waals surface area contributed by atoms with Crippen LogP contribution in [0.25, 0.3) is 0 Å². The van der Waals surface area contributed by atoms with Gasteiger partial charge in [-0.15, -0.1) is 0 Å². The van der Waals surface area contributed by atoms with Crippen LogP contribution in [0.15, 0.2) is 16.8 Å². The first-order chi connectivity index (χ1) is 11.8. The van der Waals surface area contributed by atoms with E-state index in [1.54, 1.807) is 13.8 Å². The Morgan fingerprint density at radius 2 is 1.92 bits per heavy atom. The molecule has 0 radical (unpaired) electrons. The number of nitrogens with zero attached hydrogens (tertiary/aromatic N) is 2. The van der Waals surface area contributed by atoms with Crippen molar-refractivity contribution in [2.24, 2.45) is 4.99 Å². The molecular formula is C16H26F3N3O4. The standard InChI is InChI=1S/C16H26F3N3O4/c1-14(2,20-7-5-6-16(17,18)19)13(24)21-12-10-11(22(12)25)15(3,4)26-9-8-23/h10,20,23,25H,5-9H2,1-4H3. The van der Waals surface area contributed by atoms with Gasteiger partial charge in [0.2, 0.25) is 0 Å². The molecule has 150 valence electrons. The highest BCUT2D eigenvalue weighted by molar-refractivity contribution is 6.07. The molecule has 1 aliphatic rings. The van der Waals surface area contributed by atoms with Gasteiger partial charge < -0.3 is 15.2 Å². The van der Waals surface area contributed by atoms with Gasteiger partial charge in [0, 0.05) is 12.5 Å². The molecule has 1 rings (SSSR count). The lowest BCUT2D eigenvalue weighted by Crippen LogP contribution is -2.50. The highest BCUT2D eigenvalue weighted by Crippen LogP contribution is 2.30. The number of carbonyl (C=O) groups excluding carboxylic acids is 1. The Morgan fingerprint density at radius 3 is 2.42 bits per heavy atom. The number of halogens is 3. The fourth-order valence-corrected chi connectivity index (χ4v) is 2.19. The molecule has 10 heteroatoms. The Balaban J connectivity index is 2.65. The molecule has 1 heterocycles. The Morgan fingerprint density at radius 1 is 1.31 bits per heavy atom. The molecule has 0 saturated heterocycles. The zero-order valence-corrected chi connectivity index (χ0v) is 15.4. The van der Waals surface area contributed by atoms with Gasteiger partial charge >= 0.3 is 6.18 Å². The van der Waals surface area contributed by atoms with Gasteiger partial charge in [0.05, 0.1) is 24.4 Å². The molecule has 0 bridgehead atoms. The molecular weight excluding hydrogens is 355 g/mol. The predicted octanol–water partition coefficient (Wildman–Crippen LogP) is 2.00. The van der Waals surface area contributed by atoms with E-state index in [1.807, 2.05) is 0 Å². The van der Waals surface area contributed by atoms with Crippen molar-refractivity contribution in [3.63, 3.8) is 0 Å². The smallest absolute Gasteiger partial charge is 0.389 e. The summed E-state index contributed by atoms with van der Waals surface area (Å²) in [6.07, 6.45) is -3.85. The Hall–Kier alpha value is -1.49. The van der Waals surface area contributed by atoms with Gasteiger partial charge in [-0.1, -0.05) is 0 Å². The predicted molar refractivity (Wildman–Crippen MR) is 88.6 cm³/mol. The molecule has 0 aliphatic carbocycles. The van der Waals surface area contributed by atoms with Crippen molar-refractivity contribution >= 4 is 11.7 Å². The zero-order chi connectivity index (χ0) is 20.2. The average Bonchev–Trinajstić information content (AvgIpc) is 2.51. The van der Waals surface area contributed by atoms with Gasteiger partial charge in [0.25, 0.3) is 5.91 Å². The maximum atomic E-state index is 12.2. The van der Waals surface area contributed by atoms with E-state index in [0.717, 1.165) is 5.06 Å². The number of hydroxylamine groups is 2. The fourth-order valence-electron chi connectivity index (χ4n) is 2.19. The van der Waals surface area contributed by atoms with Gasteiger partial charge in [-0.3, -0.25) is 10.0 Å². The second kappa shape index (κ2) is 8.47. The van der Waals surface area contributed by atoms with Gasteiger partial charge in [-0.05, 0) is 40.7 Å². The van der Waals surface area contributed by atoms with E-state index >= 15 is 0 Å². The molecule has 0 spiro atoms. The van der Waals surface area contributed by atoms with Crippen LogP contribution in [0, 0.1) is 0 Å². The van der Waals surface area contributed by atoms with Crippen molar-refractivity contribution in [1.82, 2.24) is 10.4 Å². The number of rotatable bonds is 9. The third kappa shape index (κ3) is 6.35. The summed E-state index contributed by atoms with van der Waals surface area (Å²) in [5.41, 5.74) is -1.69. The van der Waals surface area contributed by atoms with Gasteiger partial charge in [0.15, 0.2) is 5.84 Å². The van der Waals surface area contributed by atoms with Crippen molar-refractivity contribution in [2.45, 2.75) is 57.9 Å². The van der Waals surface area contributed by atoms with Gasteiger partial charge in [-0.2, -0.15) is 18.2 Å². The number of amidine groups is 1. The molecule has 0 aromatic carbocycles. The van der Waals surface area contributed by atoms with Crippen LogP contribution in [0.5, 0.6) is 0 Å². The Kier molecular flexibility index (Phi) is 7.34. The lowest BCUT2D eigenvalue weighted by Gasteiger charge is -2.38. The molecule has 0 aromatic heterocycles. The molecule has 0 atom stereocenters. The number of hydrogen-bond acceptors (Lipinski definition) is 5. The highest BCUT2D eigenvalue weighted by Gasteiger charge is 2.38. The third-order valence-electron chi connectivity index (χ3n) is 3.84. The SMILES string of the molecule is CC(C)(NCCCC(F)(F)F)C(=O)N=C1C=C(C(C)(C)OCCO)N1O. The summed E-state index contributed by atoms with van der Waals surface area (Å²) in [5, 5.41) is 22.3. The van der Waals surface area contributed by atoms with Crippen LogP contribution in [-0.4, -0.2) is 64.2 Å². The quantitative estimate of drug-likeness (QED) is 0.529. The van der Waals surface area contributed by atoms with Gasteiger partial charge in [0.1, 0.15) is 5.60 Å². The molecule has 1 amide bonds. The first-order valence-electron chi connectivity index (χ1n) is 8.21. The van der Waals surface area contributed by atoms with Crippen molar-refractivity contribution in [2.75, 3.05) is 19.8 Å². The minimum absolute atomic E-state index is 0.00899. The maximum absolute atomic E-state index is 12.2. The Labute approximate surface area is 150 Å². The highest BCUT2D eigenvalue weighted by atomic mass is 19.4. The molecule has 7 nitrogen and oxygen atoms in total. The number of aliphatic imine (C=N–C) groups is 1. The molecule has 0 unspecified atom stereocenters. The molecule has 0 aromatic rings. The van der Waals surface area contributed by atoms with E-state index in [-0.39, 0.29) is 32.0 Å². The van der Waals surface area contributed by atoms with E-state index < -0.39 is 29.6 Å².